The molecule has 2 fully saturated rings. The van der Waals surface area contributed by atoms with Crippen molar-refractivity contribution in [3.8, 4) is 0 Å². The van der Waals surface area contributed by atoms with Crippen LogP contribution < -0.4 is 11.1 Å². The zero-order valence-electron chi connectivity index (χ0n) is 17.5. The van der Waals surface area contributed by atoms with Gasteiger partial charge in [0.2, 0.25) is 0 Å². The van der Waals surface area contributed by atoms with Gasteiger partial charge in [0.15, 0.2) is 0 Å². The van der Waals surface area contributed by atoms with Crippen molar-refractivity contribution >= 4 is 42.0 Å². The van der Waals surface area contributed by atoms with Crippen LogP contribution in [0.1, 0.15) is 44.9 Å². The van der Waals surface area contributed by atoms with Crippen LogP contribution in [0.15, 0.2) is 29.6 Å². The van der Waals surface area contributed by atoms with Gasteiger partial charge < -0.3 is 31.1 Å². The summed E-state index contributed by atoms with van der Waals surface area (Å²) in [4.78, 5) is 14.3. The van der Waals surface area contributed by atoms with Gasteiger partial charge in [-0.15, -0.1) is 0 Å². The number of nitrogens with two attached hydrogens (primary N) is 1. The lowest BCUT2D eigenvalue weighted by molar-refractivity contribution is -0.146. The van der Waals surface area contributed by atoms with Gasteiger partial charge in [0.1, 0.15) is 11.4 Å². The van der Waals surface area contributed by atoms with Crippen LogP contribution in [-0.2, 0) is 4.79 Å². The van der Waals surface area contributed by atoms with Crippen molar-refractivity contribution in [2.24, 2.45) is 11.7 Å². The number of unbranched alkanes of at least 4 members (excludes halogenated alkanes) is 1. The molecule has 0 spiro atoms. The van der Waals surface area contributed by atoms with Gasteiger partial charge in [0.25, 0.3) is 0 Å². The molecule has 1 saturated heterocycles. The fourth-order valence-electron chi connectivity index (χ4n) is 4.25. The van der Waals surface area contributed by atoms with Crippen molar-refractivity contribution in [1.29, 1.82) is 0 Å². The van der Waals surface area contributed by atoms with E-state index in [0.717, 1.165) is 37.4 Å². The second kappa shape index (κ2) is 10.4. The van der Waals surface area contributed by atoms with Gasteiger partial charge in [-0.25, -0.2) is 0 Å². The van der Waals surface area contributed by atoms with Gasteiger partial charge in [0, 0.05) is 18.8 Å². The molecule has 0 bridgehead atoms. The van der Waals surface area contributed by atoms with Crippen molar-refractivity contribution in [1.82, 2.24) is 4.90 Å². The number of aliphatic carboxylic acids is 1. The molecule has 170 valence electrons. The van der Waals surface area contributed by atoms with Crippen LogP contribution >= 0.6 is 23.2 Å². The van der Waals surface area contributed by atoms with E-state index in [1.54, 1.807) is 12.1 Å². The Labute approximate surface area is 193 Å². The number of benzene rings is 1. The number of carbonyl (C=O) groups is 1. The molecular weight excluding hydrogens is 440 g/mol. The van der Waals surface area contributed by atoms with Gasteiger partial charge in [-0.3, -0.25) is 4.79 Å². The fourth-order valence-corrected chi connectivity index (χ4v) is 4.55. The second-order valence-electron chi connectivity index (χ2n) is 8.54. The van der Waals surface area contributed by atoms with E-state index in [0.29, 0.717) is 42.1 Å². The van der Waals surface area contributed by atoms with E-state index in [1.807, 2.05) is 6.07 Å². The van der Waals surface area contributed by atoms with Gasteiger partial charge >= 0.3 is 13.1 Å². The lowest BCUT2D eigenvalue weighted by Gasteiger charge is -2.41. The number of carboxylic acid groups (broad SMARTS) is 1. The molecule has 31 heavy (non-hydrogen) atoms. The number of hydrogen-bond acceptors (Lipinski definition) is 6. The maximum Gasteiger partial charge on any atom is 0.451 e. The Hall–Kier alpha value is -1.45. The van der Waals surface area contributed by atoms with E-state index in [-0.39, 0.29) is 12.2 Å². The third-order valence-electron chi connectivity index (χ3n) is 6.26. The maximum absolute atomic E-state index is 12.0. The lowest BCUT2D eigenvalue weighted by Crippen LogP contribution is -2.57. The van der Waals surface area contributed by atoms with Crippen LogP contribution in [0.3, 0.4) is 0 Å². The van der Waals surface area contributed by atoms with E-state index < -0.39 is 18.6 Å². The highest BCUT2D eigenvalue weighted by Gasteiger charge is 2.43. The number of hydrogen-bond donors (Lipinski definition) is 5. The van der Waals surface area contributed by atoms with E-state index in [4.69, 9.17) is 39.0 Å². The Morgan fingerprint density at radius 2 is 1.87 bits per heavy atom. The number of halogens is 2. The van der Waals surface area contributed by atoms with Gasteiger partial charge in [-0.05, 0) is 68.1 Å². The molecule has 0 radical (unpaired) electrons. The fraction of sp³-hybridized carbons (Fsp3) is 0.571. The normalized spacial score (nSPS) is 18.5. The Morgan fingerprint density at radius 1 is 1.19 bits per heavy atom. The average molecular weight is 470 g/mol. The summed E-state index contributed by atoms with van der Waals surface area (Å²) in [7, 11) is -1.36. The molecule has 10 heteroatoms. The largest absolute Gasteiger partial charge is 0.480 e. The van der Waals surface area contributed by atoms with Crippen LogP contribution in [0.4, 0.5) is 5.69 Å². The van der Waals surface area contributed by atoms with Gasteiger partial charge in [0.05, 0.1) is 10.0 Å². The van der Waals surface area contributed by atoms with Crippen molar-refractivity contribution in [3.05, 3.63) is 39.6 Å². The summed E-state index contributed by atoms with van der Waals surface area (Å²) in [5, 5.41) is 32.3. The third kappa shape index (κ3) is 6.30. The molecule has 7 nitrogen and oxygen atoms in total. The number of nitrogens with one attached hydrogen (secondary N) is 1. The minimum atomic E-state index is -1.36. The molecular formula is C21H30BCl2N3O4. The average Bonchev–Trinajstić information content (AvgIpc) is 3.57. The van der Waals surface area contributed by atoms with Crippen LogP contribution in [0.5, 0.6) is 0 Å². The second-order valence-corrected chi connectivity index (χ2v) is 9.35. The van der Waals surface area contributed by atoms with E-state index in [9.17, 15) is 9.90 Å². The van der Waals surface area contributed by atoms with Crippen molar-refractivity contribution in [2.45, 2.75) is 56.8 Å². The highest BCUT2D eigenvalue weighted by atomic mass is 35.5. The molecule has 1 aliphatic carbocycles. The number of nitrogens with zero attached hydrogens (tertiary/aromatic N) is 1. The summed E-state index contributed by atoms with van der Waals surface area (Å²) < 4.78 is 0. The van der Waals surface area contributed by atoms with E-state index >= 15 is 0 Å². The number of carboxylic acids is 1. The molecule has 3 rings (SSSR count). The van der Waals surface area contributed by atoms with Crippen molar-refractivity contribution in [2.75, 3.05) is 18.4 Å². The summed E-state index contributed by atoms with van der Waals surface area (Å²) >= 11 is 12.2. The smallest absolute Gasteiger partial charge is 0.451 e. The van der Waals surface area contributed by atoms with Crippen molar-refractivity contribution < 1.29 is 19.9 Å². The first-order chi connectivity index (χ1) is 14.7. The number of piperidine rings is 1. The highest BCUT2D eigenvalue weighted by molar-refractivity contribution is 6.42. The van der Waals surface area contributed by atoms with Crippen molar-refractivity contribution in [3.63, 3.8) is 0 Å². The number of rotatable bonds is 10. The molecule has 0 amide bonds. The predicted molar refractivity (Wildman–Crippen MR) is 124 cm³/mol. The topological polar surface area (TPSA) is 119 Å². The lowest BCUT2D eigenvalue weighted by atomic mass is 9.74. The molecule has 1 unspecified atom stereocenters. The Balaban J connectivity index is 1.61. The molecule has 1 aromatic rings. The van der Waals surface area contributed by atoms with Crippen LogP contribution in [0, 0.1) is 5.92 Å². The number of anilines is 1. The molecule has 6 N–H and O–H groups in total. The number of allylic oxidation sites excluding steroid dienone is 1. The summed E-state index contributed by atoms with van der Waals surface area (Å²) in [6.45, 7) is 1.44. The molecule has 2 aliphatic rings. The van der Waals surface area contributed by atoms with Crippen LogP contribution in [-0.4, -0.2) is 51.8 Å². The SMILES string of the molecule is NC(CCCCB(O)O)(C(=O)O)C1CCN(C(Nc2ccc(Cl)c(Cl)c2)=C2CC2)CC1. The van der Waals surface area contributed by atoms with Crippen LogP contribution in [0.2, 0.25) is 16.4 Å². The zero-order chi connectivity index (χ0) is 22.6. The third-order valence-corrected chi connectivity index (χ3v) is 7.00. The van der Waals surface area contributed by atoms with E-state index in [2.05, 4.69) is 10.2 Å². The Bertz CT molecular complexity index is 825. The monoisotopic (exact) mass is 469 g/mol. The molecule has 1 aromatic carbocycles. The summed E-state index contributed by atoms with van der Waals surface area (Å²) in [6.07, 6.45) is 5.12. The van der Waals surface area contributed by atoms with Gasteiger partial charge in [-0.1, -0.05) is 36.0 Å². The molecule has 1 atom stereocenters. The zero-order valence-corrected chi connectivity index (χ0v) is 19.0. The van der Waals surface area contributed by atoms with E-state index in [1.165, 1.54) is 5.57 Å². The first-order valence-electron chi connectivity index (χ1n) is 10.8. The predicted octanol–water partition coefficient (Wildman–Crippen LogP) is 3.55. The summed E-state index contributed by atoms with van der Waals surface area (Å²) in [5.41, 5.74) is 7.31. The quantitative estimate of drug-likeness (QED) is 0.262. The first kappa shape index (κ1) is 24.2. The first-order valence-corrected chi connectivity index (χ1v) is 11.5. The molecule has 1 aliphatic heterocycles. The van der Waals surface area contributed by atoms with Gasteiger partial charge in [-0.2, -0.15) is 0 Å². The standard InChI is InChI=1S/C21H30BCl2N3O4/c23-17-6-5-16(13-18(17)24)26-19(14-3-4-14)27-11-7-15(8-12-27)21(25,20(28)29)9-1-2-10-22(30)31/h5-6,13,15,26,30-31H,1-4,7-12,25H2,(H,28,29). The molecule has 1 saturated carbocycles. The minimum Gasteiger partial charge on any atom is -0.480 e. The number of likely N-dealkylation sites (tertiary alicyclic amines) is 1. The van der Waals surface area contributed by atoms with Crippen LogP contribution in [0.25, 0.3) is 0 Å². The highest BCUT2D eigenvalue weighted by Crippen LogP contribution is 2.38. The maximum atomic E-state index is 12.0. The minimum absolute atomic E-state index is 0.129. The Morgan fingerprint density at radius 3 is 2.42 bits per heavy atom. The molecule has 1 heterocycles. The molecule has 0 aromatic heterocycles. The summed E-state index contributed by atoms with van der Waals surface area (Å²) in [5.74, 6) is -0.0346. The summed E-state index contributed by atoms with van der Waals surface area (Å²) in [6, 6.07) is 5.46. The Kier molecular flexibility index (Phi) is 8.16.